The minimum Gasteiger partial charge on any atom is -0.255 e. The zero-order valence-corrected chi connectivity index (χ0v) is 9.46. The second-order valence-electron chi connectivity index (χ2n) is 3.50. The van der Waals surface area contributed by atoms with Gasteiger partial charge >= 0.3 is 0 Å². The van der Waals surface area contributed by atoms with Crippen molar-refractivity contribution in [1.29, 1.82) is 0 Å². The van der Waals surface area contributed by atoms with E-state index in [9.17, 15) is 0 Å². The van der Waals surface area contributed by atoms with E-state index in [2.05, 4.69) is 24.9 Å². The molecule has 1 heterocycles. The van der Waals surface area contributed by atoms with Gasteiger partial charge in [0.05, 0.1) is 10.7 Å². The predicted molar refractivity (Wildman–Crippen MR) is 62.4 cm³/mol. The van der Waals surface area contributed by atoms with Gasteiger partial charge in [0.2, 0.25) is 0 Å². The van der Waals surface area contributed by atoms with E-state index >= 15 is 0 Å². The third-order valence-electron chi connectivity index (χ3n) is 2.11. The number of hydrogen-bond donors (Lipinski definition) is 0. The third kappa shape index (κ3) is 3.51. The molecule has 0 fully saturated rings. The highest BCUT2D eigenvalue weighted by atomic mass is 35.5. The molecule has 2 heteroatoms. The summed E-state index contributed by atoms with van der Waals surface area (Å²) >= 11 is 5.97. The number of nitrogens with zero attached hydrogens (tertiary/aromatic N) is 1. The lowest BCUT2D eigenvalue weighted by Gasteiger charge is -2.02. The monoisotopic (exact) mass is 209 g/mol. The number of aromatic nitrogens is 1. The Morgan fingerprint density at radius 1 is 1.57 bits per heavy atom. The van der Waals surface area contributed by atoms with Gasteiger partial charge in [-0.1, -0.05) is 37.9 Å². The number of rotatable bonds is 4. The van der Waals surface area contributed by atoms with Crippen LogP contribution in [0, 0.1) is 5.92 Å². The summed E-state index contributed by atoms with van der Waals surface area (Å²) in [5.74, 6) is 0.595. The fourth-order valence-electron chi connectivity index (χ4n) is 1.33. The van der Waals surface area contributed by atoms with Gasteiger partial charge in [0, 0.05) is 6.20 Å². The Labute approximate surface area is 90.8 Å². The standard InChI is InChI=1S/C12H16ClN/c1-3-5-10(2)7-8-12-11(13)6-4-9-14-12/h4,6-10H,3,5H2,1-2H3/b8-7+. The average Bonchev–Trinajstić information content (AvgIpc) is 2.17. The molecule has 1 unspecified atom stereocenters. The van der Waals surface area contributed by atoms with Crippen LogP contribution in [0.15, 0.2) is 24.4 Å². The third-order valence-corrected chi connectivity index (χ3v) is 2.43. The predicted octanol–water partition coefficient (Wildman–Crippen LogP) is 4.18. The number of allylic oxidation sites excluding steroid dienone is 1. The molecule has 0 aliphatic carbocycles. The van der Waals surface area contributed by atoms with Crippen LogP contribution in [0.1, 0.15) is 32.4 Å². The van der Waals surface area contributed by atoms with Gasteiger partial charge in [-0.2, -0.15) is 0 Å². The first-order valence-electron chi connectivity index (χ1n) is 5.02. The van der Waals surface area contributed by atoms with Crippen molar-refractivity contribution in [1.82, 2.24) is 4.98 Å². The summed E-state index contributed by atoms with van der Waals surface area (Å²) in [4.78, 5) is 4.19. The van der Waals surface area contributed by atoms with Crippen molar-refractivity contribution in [2.75, 3.05) is 0 Å². The SMILES string of the molecule is CCCC(C)/C=C/c1ncccc1Cl. The topological polar surface area (TPSA) is 12.9 Å². The molecule has 0 aliphatic rings. The summed E-state index contributed by atoms with van der Waals surface area (Å²) in [6, 6.07) is 3.70. The average molecular weight is 210 g/mol. The Morgan fingerprint density at radius 2 is 2.36 bits per heavy atom. The molecule has 0 radical (unpaired) electrons. The minimum absolute atomic E-state index is 0.595. The molecule has 1 aromatic heterocycles. The van der Waals surface area contributed by atoms with E-state index in [4.69, 9.17) is 11.6 Å². The lowest BCUT2D eigenvalue weighted by atomic mass is 10.1. The Kier molecular flexibility index (Phi) is 4.68. The molecule has 1 aromatic rings. The molecule has 1 atom stereocenters. The molecule has 0 spiro atoms. The van der Waals surface area contributed by atoms with E-state index < -0.39 is 0 Å². The molecule has 0 N–H and O–H groups in total. The molecule has 0 aromatic carbocycles. The van der Waals surface area contributed by atoms with Gasteiger partial charge in [-0.3, -0.25) is 4.98 Å². The van der Waals surface area contributed by atoms with E-state index in [0.29, 0.717) is 10.9 Å². The first kappa shape index (κ1) is 11.3. The molecule has 0 bridgehead atoms. The smallest absolute Gasteiger partial charge is 0.0812 e. The van der Waals surface area contributed by atoms with Crippen molar-refractivity contribution in [3.05, 3.63) is 35.1 Å². The Hall–Kier alpha value is -0.820. The van der Waals surface area contributed by atoms with E-state index in [1.807, 2.05) is 18.2 Å². The van der Waals surface area contributed by atoms with Crippen LogP contribution in [0.5, 0.6) is 0 Å². The van der Waals surface area contributed by atoms with Gasteiger partial charge < -0.3 is 0 Å². The van der Waals surface area contributed by atoms with Crippen molar-refractivity contribution in [3.8, 4) is 0 Å². The van der Waals surface area contributed by atoms with Crippen molar-refractivity contribution in [2.45, 2.75) is 26.7 Å². The molecule has 0 saturated carbocycles. The first-order valence-corrected chi connectivity index (χ1v) is 5.40. The van der Waals surface area contributed by atoms with Crippen LogP contribution in [0.25, 0.3) is 6.08 Å². The largest absolute Gasteiger partial charge is 0.255 e. The summed E-state index contributed by atoms with van der Waals surface area (Å²) in [6.07, 6.45) is 8.35. The summed E-state index contributed by atoms with van der Waals surface area (Å²) in [7, 11) is 0. The van der Waals surface area contributed by atoms with E-state index in [1.165, 1.54) is 12.8 Å². The molecule has 0 amide bonds. The summed E-state index contributed by atoms with van der Waals surface area (Å²) in [5.41, 5.74) is 0.858. The molecular weight excluding hydrogens is 194 g/mol. The maximum absolute atomic E-state index is 5.97. The van der Waals surface area contributed by atoms with Crippen molar-refractivity contribution in [3.63, 3.8) is 0 Å². The van der Waals surface area contributed by atoms with Crippen LogP contribution in [0.3, 0.4) is 0 Å². The Bertz CT molecular complexity index is 307. The highest BCUT2D eigenvalue weighted by Crippen LogP contribution is 2.15. The highest BCUT2D eigenvalue weighted by Gasteiger charge is 1.97. The van der Waals surface area contributed by atoms with Gasteiger partial charge in [-0.05, 0) is 30.5 Å². The normalized spacial score (nSPS) is 13.4. The van der Waals surface area contributed by atoms with E-state index in [-0.39, 0.29) is 0 Å². The molecule has 1 nitrogen and oxygen atoms in total. The summed E-state index contributed by atoms with van der Waals surface area (Å²) < 4.78 is 0. The van der Waals surface area contributed by atoms with Gasteiger partial charge in [0.1, 0.15) is 0 Å². The highest BCUT2D eigenvalue weighted by molar-refractivity contribution is 6.31. The van der Waals surface area contributed by atoms with Crippen LogP contribution in [0.2, 0.25) is 5.02 Å². The minimum atomic E-state index is 0.595. The molecule has 1 rings (SSSR count). The summed E-state index contributed by atoms with van der Waals surface area (Å²) in [6.45, 7) is 4.40. The maximum Gasteiger partial charge on any atom is 0.0812 e. The number of hydrogen-bond acceptors (Lipinski definition) is 1. The maximum atomic E-state index is 5.97. The van der Waals surface area contributed by atoms with Gasteiger partial charge in [-0.15, -0.1) is 0 Å². The van der Waals surface area contributed by atoms with Crippen molar-refractivity contribution in [2.24, 2.45) is 5.92 Å². The number of halogens is 1. The second kappa shape index (κ2) is 5.82. The van der Waals surface area contributed by atoms with Crippen LogP contribution in [0.4, 0.5) is 0 Å². The summed E-state index contributed by atoms with van der Waals surface area (Å²) in [5, 5.41) is 0.715. The fraction of sp³-hybridized carbons (Fsp3) is 0.417. The van der Waals surface area contributed by atoms with Crippen LogP contribution < -0.4 is 0 Å². The second-order valence-corrected chi connectivity index (χ2v) is 3.90. The van der Waals surface area contributed by atoms with E-state index in [1.54, 1.807) is 6.20 Å². The molecule has 76 valence electrons. The van der Waals surface area contributed by atoms with Gasteiger partial charge in [-0.25, -0.2) is 0 Å². The molecule has 14 heavy (non-hydrogen) atoms. The van der Waals surface area contributed by atoms with Gasteiger partial charge in [0.15, 0.2) is 0 Å². The lowest BCUT2D eigenvalue weighted by molar-refractivity contribution is 0.636. The van der Waals surface area contributed by atoms with Gasteiger partial charge in [0.25, 0.3) is 0 Å². The van der Waals surface area contributed by atoms with Crippen LogP contribution in [-0.4, -0.2) is 4.98 Å². The van der Waals surface area contributed by atoms with E-state index in [0.717, 1.165) is 5.69 Å². The fourth-order valence-corrected chi connectivity index (χ4v) is 1.51. The zero-order chi connectivity index (χ0) is 10.4. The Balaban J connectivity index is 2.64. The molecular formula is C12H16ClN. The Morgan fingerprint density at radius 3 is 3.00 bits per heavy atom. The molecule has 0 saturated heterocycles. The van der Waals surface area contributed by atoms with Crippen molar-refractivity contribution >= 4 is 17.7 Å². The van der Waals surface area contributed by atoms with Crippen LogP contribution >= 0.6 is 11.6 Å². The van der Waals surface area contributed by atoms with Crippen molar-refractivity contribution < 1.29 is 0 Å². The van der Waals surface area contributed by atoms with Crippen LogP contribution in [-0.2, 0) is 0 Å². The molecule has 0 aliphatic heterocycles. The number of pyridine rings is 1. The first-order chi connectivity index (χ1) is 6.74. The lowest BCUT2D eigenvalue weighted by Crippen LogP contribution is -1.88. The quantitative estimate of drug-likeness (QED) is 0.725. The zero-order valence-electron chi connectivity index (χ0n) is 8.70.